The molecule has 0 aliphatic heterocycles. The van der Waals surface area contributed by atoms with Gasteiger partial charge in [0.25, 0.3) is 0 Å². The summed E-state index contributed by atoms with van der Waals surface area (Å²) in [4.78, 5) is 4.59. The second-order valence-corrected chi connectivity index (χ2v) is 5.73. The number of para-hydroxylation sites is 1. The quantitative estimate of drug-likeness (QED) is 0.846. The Bertz CT molecular complexity index is 471. The topological polar surface area (TPSA) is 24.9 Å². The molecule has 1 fully saturated rings. The number of halogens is 1. The first-order valence-corrected chi connectivity index (χ1v) is 6.82. The average molecular weight is 253 g/mol. The lowest BCUT2D eigenvalue weighted by Gasteiger charge is -2.11. The molecular weight excluding hydrogens is 240 g/mol. The Balaban J connectivity index is 1.74. The molecule has 84 valence electrons. The van der Waals surface area contributed by atoms with Crippen LogP contribution < -0.4 is 5.32 Å². The van der Waals surface area contributed by atoms with Crippen LogP contribution in [-0.4, -0.2) is 16.4 Å². The van der Waals surface area contributed by atoms with Gasteiger partial charge in [-0.3, -0.25) is 0 Å². The van der Waals surface area contributed by atoms with Gasteiger partial charge >= 0.3 is 0 Å². The molecule has 1 saturated carbocycles. The van der Waals surface area contributed by atoms with Gasteiger partial charge in [0.2, 0.25) is 0 Å². The van der Waals surface area contributed by atoms with Crippen LogP contribution in [-0.2, 0) is 6.54 Å². The maximum atomic E-state index is 5.92. The Hall–Kier alpha value is -0.640. The SMILES string of the molecule is ClCC1(NCc2nc3ccccc3s2)CC1. The Labute approximate surface area is 104 Å². The highest BCUT2D eigenvalue weighted by Gasteiger charge is 2.41. The van der Waals surface area contributed by atoms with Crippen LogP contribution >= 0.6 is 22.9 Å². The van der Waals surface area contributed by atoms with E-state index < -0.39 is 0 Å². The number of alkyl halides is 1. The van der Waals surface area contributed by atoms with Crippen LogP contribution in [0.4, 0.5) is 0 Å². The van der Waals surface area contributed by atoms with E-state index >= 15 is 0 Å². The number of fused-ring (bicyclic) bond motifs is 1. The van der Waals surface area contributed by atoms with Gasteiger partial charge in [0.1, 0.15) is 5.01 Å². The number of aromatic nitrogens is 1. The summed E-state index contributed by atoms with van der Waals surface area (Å²) in [6.07, 6.45) is 2.39. The van der Waals surface area contributed by atoms with Crippen LogP contribution in [0.15, 0.2) is 24.3 Å². The third-order valence-electron chi connectivity index (χ3n) is 3.06. The Morgan fingerprint density at radius 3 is 2.88 bits per heavy atom. The third kappa shape index (κ3) is 1.95. The first-order valence-electron chi connectivity index (χ1n) is 5.47. The fraction of sp³-hybridized carbons (Fsp3) is 0.417. The van der Waals surface area contributed by atoms with E-state index in [2.05, 4.69) is 28.5 Å². The van der Waals surface area contributed by atoms with Gasteiger partial charge in [-0.2, -0.15) is 0 Å². The molecule has 1 aromatic carbocycles. The summed E-state index contributed by atoms with van der Waals surface area (Å²) in [6.45, 7) is 0.839. The van der Waals surface area contributed by atoms with Crippen molar-refractivity contribution in [2.24, 2.45) is 0 Å². The van der Waals surface area contributed by atoms with Crippen LogP contribution in [0.3, 0.4) is 0 Å². The second-order valence-electron chi connectivity index (χ2n) is 4.34. The van der Waals surface area contributed by atoms with E-state index in [1.165, 1.54) is 17.5 Å². The summed E-state index contributed by atoms with van der Waals surface area (Å²) in [5, 5.41) is 4.66. The van der Waals surface area contributed by atoms with E-state index in [1.54, 1.807) is 11.3 Å². The highest BCUT2D eigenvalue weighted by molar-refractivity contribution is 7.18. The number of thiazole rings is 1. The van der Waals surface area contributed by atoms with Crippen molar-refractivity contribution in [1.29, 1.82) is 0 Å². The van der Waals surface area contributed by atoms with Gasteiger partial charge in [-0.15, -0.1) is 22.9 Å². The minimum atomic E-state index is 0.208. The largest absolute Gasteiger partial charge is 0.304 e. The van der Waals surface area contributed by atoms with Gasteiger partial charge in [-0.05, 0) is 25.0 Å². The van der Waals surface area contributed by atoms with Crippen molar-refractivity contribution >= 4 is 33.2 Å². The number of hydrogen-bond donors (Lipinski definition) is 1. The minimum Gasteiger partial charge on any atom is -0.304 e. The zero-order valence-corrected chi connectivity index (χ0v) is 10.4. The molecule has 2 aromatic rings. The lowest BCUT2D eigenvalue weighted by molar-refractivity contribution is 0.542. The second kappa shape index (κ2) is 3.99. The smallest absolute Gasteiger partial charge is 0.108 e. The molecule has 1 aliphatic carbocycles. The van der Waals surface area contributed by atoms with E-state index in [1.807, 2.05) is 6.07 Å². The zero-order valence-electron chi connectivity index (χ0n) is 8.87. The summed E-state index contributed by atoms with van der Waals surface area (Å²) in [6, 6.07) is 8.26. The number of rotatable bonds is 4. The molecule has 1 N–H and O–H groups in total. The van der Waals surface area contributed by atoms with Crippen molar-refractivity contribution in [1.82, 2.24) is 10.3 Å². The van der Waals surface area contributed by atoms with Crippen LogP contribution in [0.2, 0.25) is 0 Å². The van der Waals surface area contributed by atoms with Crippen molar-refractivity contribution in [3.63, 3.8) is 0 Å². The fourth-order valence-electron chi connectivity index (χ4n) is 1.77. The molecule has 4 heteroatoms. The van der Waals surface area contributed by atoms with E-state index in [0.717, 1.165) is 17.1 Å². The van der Waals surface area contributed by atoms with Crippen molar-refractivity contribution in [3.05, 3.63) is 29.3 Å². The number of hydrogen-bond acceptors (Lipinski definition) is 3. The van der Waals surface area contributed by atoms with Crippen molar-refractivity contribution in [3.8, 4) is 0 Å². The van der Waals surface area contributed by atoms with E-state index in [9.17, 15) is 0 Å². The third-order valence-corrected chi connectivity index (χ3v) is 4.61. The highest BCUT2D eigenvalue weighted by Crippen LogP contribution is 2.36. The van der Waals surface area contributed by atoms with E-state index in [0.29, 0.717) is 5.88 Å². The molecule has 0 unspecified atom stereocenters. The predicted molar refractivity (Wildman–Crippen MR) is 69.1 cm³/mol. The molecule has 0 spiro atoms. The molecule has 0 saturated heterocycles. The summed E-state index contributed by atoms with van der Waals surface area (Å²) in [5.74, 6) is 0.706. The molecule has 1 aliphatic rings. The Morgan fingerprint density at radius 1 is 1.38 bits per heavy atom. The maximum Gasteiger partial charge on any atom is 0.108 e. The van der Waals surface area contributed by atoms with Crippen molar-refractivity contribution < 1.29 is 0 Å². The number of nitrogens with one attached hydrogen (secondary N) is 1. The average Bonchev–Trinajstić information content (AvgIpc) is 2.98. The zero-order chi connectivity index (χ0) is 11.0. The van der Waals surface area contributed by atoms with Gasteiger partial charge in [0, 0.05) is 18.0 Å². The molecule has 0 atom stereocenters. The van der Waals surface area contributed by atoms with Gasteiger partial charge in [-0.25, -0.2) is 4.98 Å². The van der Waals surface area contributed by atoms with E-state index in [4.69, 9.17) is 11.6 Å². The van der Waals surface area contributed by atoms with Crippen LogP contribution in [0.25, 0.3) is 10.2 Å². The van der Waals surface area contributed by atoms with Crippen LogP contribution in [0.1, 0.15) is 17.8 Å². The Morgan fingerprint density at radius 2 is 2.19 bits per heavy atom. The molecule has 0 radical (unpaired) electrons. The summed E-state index contributed by atoms with van der Waals surface area (Å²) in [5.41, 5.74) is 1.30. The lowest BCUT2D eigenvalue weighted by Crippen LogP contribution is -2.32. The molecule has 1 heterocycles. The molecular formula is C12H13ClN2S. The molecule has 2 nitrogen and oxygen atoms in total. The first-order chi connectivity index (χ1) is 7.81. The number of nitrogens with zero attached hydrogens (tertiary/aromatic N) is 1. The van der Waals surface area contributed by atoms with Crippen molar-refractivity contribution in [2.45, 2.75) is 24.9 Å². The van der Waals surface area contributed by atoms with Gasteiger partial charge in [0.15, 0.2) is 0 Å². The van der Waals surface area contributed by atoms with E-state index in [-0.39, 0.29) is 5.54 Å². The van der Waals surface area contributed by atoms with Crippen molar-refractivity contribution in [2.75, 3.05) is 5.88 Å². The predicted octanol–water partition coefficient (Wildman–Crippen LogP) is 3.16. The standard InChI is InChI=1S/C12H13ClN2S/c13-8-12(5-6-12)14-7-11-15-9-3-1-2-4-10(9)16-11/h1-4,14H,5-8H2. The van der Waals surface area contributed by atoms with Gasteiger partial charge in [-0.1, -0.05) is 12.1 Å². The molecule has 3 rings (SSSR count). The molecule has 1 aromatic heterocycles. The summed E-state index contributed by atoms with van der Waals surface area (Å²) < 4.78 is 1.26. The Kier molecular flexibility index (Phi) is 2.62. The molecule has 0 bridgehead atoms. The first kappa shape index (κ1) is 10.5. The molecule has 16 heavy (non-hydrogen) atoms. The minimum absolute atomic E-state index is 0.208. The monoisotopic (exact) mass is 252 g/mol. The normalized spacial score (nSPS) is 17.8. The van der Waals surface area contributed by atoms with Crippen LogP contribution in [0.5, 0.6) is 0 Å². The summed E-state index contributed by atoms with van der Waals surface area (Å²) in [7, 11) is 0. The van der Waals surface area contributed by atoms with Gasteiger partial charge in [0.05, 0.1) is 10.2 Å². The van der Waals surface area contributed by atoms with Crippen LogP contribution in [0, 0.1) is 0 Å². The maximum absolute atomic E-state index is 5.92. The highest BCUT2D eigenvalue weighted by atomic mass is 35.5. The lowest BCUT2D eigenvalue weighted by atomic mass is 10.3. The summed E-state index contributed by atoms with van der Waals surface area (Å²) >= 11 is 7.68. The fourth-order valence-corrected chi connectivity index (χ4v) is 3.04. The number of benzene rings is 1. The van der Waals surface area contributed by atoms with Gasteiger partial charge < -0.3 is 5.32 Å². The molecule has 0 amide bonds.